The molecule has 1 N–H and O–H groups in total. The molecule has 2 aromatic carbocycles. The van der Waals surface area contributed by atoms with E-state index in [0.29, 0.717) is 34.7 Å². The first-order valence-electron chi connectivity index (χ1n) is 10.3. The van der Waals surface area contributed by atoms with Gasteiger partial charge in [-0.15, -0.1) is 0 Å². The minimum absolute atomic E-state index is 0.136. The molecule has 1 amide bonds. The van der Waals surface area contributed by atoms with Crippen LogP contribution in [0.2, 0.25) is 0 Å². The number of benzene rings is 2. The molecule has 8 heteroatoms. The largest absolute Gasteiger partial charge is 0.497 e. The van der Waals surface area contributed by atoms with Crippen LogP contribution < -0.4 is 15.6 Å². The summed E-state index contributed by atoms with van der Waals surface area (Å²) < 4.78 is 11.9. The van der Waals surface area contributed by atoms with Crippen LogP contribution in [-0.4, -0.2) is 28.0 Å². The number of fused-ring (bicyclic) bond motifs is 1. The van der Waals surface area contributed by atoms with Crippen LogP contribution >= 0.6 is 0 Å². The number of methoxy groups -OCH3 is 1. The van der Waals surface area contributed by atoms with E-state index in [1.165, 1.54) is 4.68 Å². The smallest absolute Gasteiger partial charge is 0.297 e. The van der Waals surface area contributed by atoms with Gasteiger partial charge in [-0.1, -0.05) is 36.3 Å². The SMILES string of the molecule is CC[C@@H](C(=O)Nc1cccc(C)c1)n1nc(-c2cccc(OC)c2)c2c(C)onc2c1=O. The van der Waals surface area contributed by atoms with Crippen molar-refractivity contribution in [1.29, 1.82) is 0 Å². The van der Waals surface area contributed by atoms with Crippen molar-refractivity contribution in [3.63, 3.8) is 0 Å². The Kier molecular flexibility index (Phi) is 5.77. The monoisotopic (exact) mass is 432 g/mol. The highest BCUT2D eigenvalue weighted by Gasteiger charge is 2.26. The van der Waals surface area contributed by atoms with Crippen molar-refractivity contribution in [3.8, 4) is 17.0 Å². The van der Waals surface area contributed by atoms with E-state index >= 15 is 0 Å². The van der Waals surface area contributed by atoms with E-state index in [9.17, 15) is 9.59 Å². The molecule has 2 aromatic heterocycles. The van der Waals surface area contributed by atoms with E-state index in [4.69, 9.17) is 9.26 Å². The Labute approximate surface area is 184 Å². The first-order chi connectivity index (χ1) is 15.4. The number of aromatic nitrogens is 3. The average molecular weight is 432 g/mol. The molecule has 164 valence electrons. The molecule has 32 heavy (non-hydrogen) atoms. The summed E-state index contributed by atoms with van der Waals surface area (Å²) in [4.78, 5) is 26.4. The third-order valence-electron chi connectivity index (χ3n) is 5.33. The van der Waals surface area contributed by atoms with Gasteiger partial charge >= 0.3 is 0 Å². The summed E-state index contributed by atoms with van der Waals surface area (Å²) in [5.74, 6) is 0.796. The lowest BCUT2D eigenvalue weighted by Gasteiger charge is -2.18. The van der Waals surface area contributed by atoms with Crippen LogP contribution in [0.25, 0.3) is 22.2 Å². The lowest BCUT2D eigenvalue weighted by Crippen LogP contribution is -2.35. The van der Waals surface area contributed by atoms with Crippen LogP contribution in [0.1, 0.15) is 30.7 Å². The van der Waals surface area contributed by atoms with Gasteiger partial charge in [0.2, 0.25) is 5.91 Å². The summed E-state index contributed by atoms with van der Waals surface area (Å²) in [5, 5.41) is 12.0. The van der Waals surface area contributed by atoms with Crippen molar-refractivity contribution < 1.29 is 14.1 Å². The summed E-state index contributed by atoms with van der Waals surface area (Å²) >= 11 is 0. The van der Waals surface area contributed by atoms with Crippen LogP contribution in [0.4, 0.5) is 5.69 Å². The van der Waals surface area contributed by atoms with Crippen molar-refractivity contribution in [3.05, 3.63) is 70.2 Å². The summed E-state index contributed by atoms with van der Waals surface area (Å²) in [6, 6.07) is 14.0. The molecule has 0 radical (unpaired) electrons. The topological polar surface area (TPSA) is 99.2 Å². The zero-order valence-corrected chi connectivity index (χ0v) is 18.4. The molecule has 2 heterocycles. The van der Waals surface area contributed by atoms with Gasteiger partial charge in [0.05, 0.1) is 12.5 Å². The number of ether oxygens (including phenoxy) is 1. The normalized spacial score (nSPS) is 12.0. The predicted octanol–water partition coefficient (Wildman–Crippen LogP) is 4.27. The number of carbonyl (C=O) groups excluding carboxylic acids is 1. The fraction of sp³-hybridized carbons (Fsp3) is 0.250. The maximum atomic E-state index is 13.2. The van der Waals surface area contributed by atoms with Gasteiger partial charge in [0.1, 0.15) is 23.2 Å². The third kappa shape index (κ3) is 3.87. The van der Waals surface area contributed by atoms with Crippen molar-refractivity contribution in [2.24, 2.45) is 0 Å². The molecule has 0 spiro atoms. The molecule has 0 fully saturated rings. The second kappa shape index (κ2) is 8.66. The second-order valence-electron chi connectivity index (χ2n) is 7.58. The summed E-state index contributed by atoms with van der Waals surface area (Å²) in [6.45, 7) is 5.50. The number of amides is 1. The number of rotatable bonds is 6. The molecule has 4 rings (SSSR count). The third-order valence-corrected chi connectivity index (χ3v) is 5.33. The maximum Gasteiger partial charge on any atom is 0.297 e. The van der Waals surface area contributed by atoms with E-state index in [1.54, 1.807) is 20.1 Å². The Bertz CT molecular complexity index is 1360. The molecule has 8 nitrogen and oxygen atoms in total. The minimum Gasteiger partial charge on any atom is -0.497 e. The second-order valence-corrected chi connectivity index (χ2v) is 7.58. The first-order valence-corrected chi connectivity index (χ1v) is 10.3. The van der Waals surface area contributed by atoms with Gasteiger partial charge in [0.25, 0.3) is 5.56 Å². The molecular weight excluding hydrogens is 408 g/mol. The van der Waals surface area contributed by atoms with Gasteiger partial charge in [-0.25, -0.2) is 4.68 Å². The van der Waals surface area contributed by atoms with Gasteiger partial charge in [-0.3, -0.25) is 9.59 Å². The molecule has 0 saturated carbocycles. The van der Waals surface area contributed by atoms with Gasteiger partial charge in [-0.05, 0) is 50.1 Å². The summed E-state index contributed by atoms with van der Waals surface area (Å²) in [5.41, 5.74) is 2.56. The zero-order valence-electron chi connectivity index (χ0n) is 18.4. The summed E-state index contributed by atoms with van der Waals surface area (Å²) in [6.07, 6.45) is 0.366. The van der Waals surface area contributed by atoms with E-state index in [0.717, 1.165) is 11.1 Å². The number of aryl methyl sites for hydroxylation is 2. The van der Waals surface area contributed by atoms with Crippen molar-refractivity contribution >= 4 is 22.5 Å². The number of carbonyl (C=O) groups is 1. The van der Waals surface area contributed by atoms with E-state index in [1.807, 2.05) is 56.3 Å². The highest BCUT2D eigenvalue weighted by Crippen LogP contribution is 2.30. The lowest BCUT2D eigenvalue weighted by molar-refractivity contribution is -0.119. The van der Waals surface area contributed by atoms with E-state index in [-0.39, 0.29) is 11.4 Å². The van der Waals surface area contributed by atoms with Crippen LogP contribution in [0, 0.1) is 13.8 Å². The summed E-state index contributed by atoms with van der Waals surface area (Å²) in [7, 11) is 1.58. The Hall–Kier alpha value is -3.94. The number of hydrogen-bond acceptors (Lipinski definition) is 6. The molecule has 4 aromatic rings. The minimum atomic E-state index is -0.825. The predicted molar refractivity (Wildman–Crippen MR) is 122 cm³/mol. The lowest BCUT2D eigenvalue weighted by atomic mass is 10.1. The fourth-order valence-corrected chi connectivity index (χ4v) is 3.71. The Morgan fingerprint density at radius 1 is 1.19 bits per heavy atom. The van der Waals surface area contributed by atoms with E-state index < -0.39 is 11.6 Å². The fourth-order valence-electron chi connectivity index (χ4n) is 3.71. The molecule has 0 aliphatic rings. The van der Waals surface area contributed by atoms with Crippen LogP contribution in [-0.2, 0) is 4.79 Å². The van der Waals surface area contributed by atoms with Gasteiger partial charge in [0, 0.05) is 11.3 Å². The number of nitrogens with zero attached hydrogens (tertiary/aromatic N) is 3. The van der Waals surface area contributed by atoms with Gasteiger partial charge in [0.15, 0.2) is 5.52 Å². The van der Waals surface area contributed by atoms with Crippen molar-refractivity contribution in [2.45, 2.75) is 33.2 Å². The van der Waals surface area contributed by atoms with Gasteiger partial charge in [-0.2, -0.15) is 5.10 Å². The van der Waals surface area contributed by atoms with Crippen molar-refractivity contribution in [2.75, 3.05) is 12.4 Å². The Balaban J connectivity index is 1.85. The van der Waals surface area contributed by atoms with Crippen LogP contribution in [0.3, 0.4) is 0 Å². The quantitative estimate of drug-likeness (QED) is 0.489. The van der Waals surface area contributed by atoms with E-state index in [2.05, 4.69) is 15.6 Å². The highest BCUT2D eigenvalue weighted by atomic mass is 16.5. The van der Waals surface area contributed by atoms with Gasteiger partial charge < -0.3 is 14.6 Å². The maximum absolute atomic E-state index is 13.2. The molecular formula is C24H24N4O4. The Morgan fingerprint density at radius 2 is 1.97 bits per heavy atom. The first kappa shape index (κ1) is 21.3. The van der Waals surface area contributed by atoms with Crippen molar-refractivity contribution in [1.82, 2.24) is 14.9 Å². The molecule has 1 atom stereocenters. The Morgan fingerprint density at radius 3 is 2.69 bits per heavy atom. The molecule has 0 aliphatic heterocycles. The number of anilines is 1. The zero-order chi connectivity index (χ0) is 22.8. The molecule has 0 unspecified atom stereocenters. The standard InChI is InChI=1S/C24H24N4O4/c1-5-19(23(29)25-17-10-6-8-14(2)12-17)28-24(30)22-20(15(3)32-27-22)21(26-28)16-9-7-11-18(13-16)31-4/h6-13,19H,5H2,1-4H3,(H,25,29)/t19-/m0/s1. The molecule has 0 aliphatic carbocycles. The average Bonchev–Trinajstić information content (AvgIpc) is 3.18. The molecule has 0 saturated heterocycles. The van der Waals surface area contributed by atoms with Crippen LogP contribution in [0.5, 0.6) is 5.75 Å². The molecule has 0 bridgehead atoms. The number of hydrogen-bond donors (Lipinski definition) is 1. The van der Waals surface area contributed by atoms with Crippen LogP contribution in [0.15, 0.2) is 57.8 Å². The number of nitrogens with one attached hydrogen (secondary N) is 1. The highest BCUT2D eigenvalue weighted by molar-refractivity contribution is 5.95.